The molecule has 2 aromatic carbocycles. The summed E-state index contributed by atoms with van der Waals surface area (Å²) in [6.45, 7) is 7.02. The molecule has 0 aliphatic heterocycles. The highest BCUT2D eigenvalue weighted by Crippen LogP contribution is 2.26. The summed E-state index contributed by atoms with van der Waals surface area (Å²) in [5, 5.41) is 2.84. The number of para-hydroxylation sites is 1. The van der Waals surface area contributed by atoms with E-state index in [1.807, 2.05) is 50.2 Å². The Bertz CT molecular complexity index is 947. The highest BCUT2D eigenvalue weighted by molar-refractivity contribution is 7.89. The topological polar surface area (TPSA) is 75.7 Å². The number of carbonyl (C=O) groups is 1. The molecule has 1 atom stereocenters. The molecule has 0 fully saturated rings. The van der Waals surface area contributed by atoms with Crippen molar-refractivity contribution in [3.8, 4) is 5.75 Å². The molecule has 0 aliphatic carbocycles. The van der Waals surface area contributed by atoms with Gasteiger partial charge >= 0.3 is 0 Å². The van der Waals surface area contributed by atoms with Crippen LogP contribution in [0.1, 0.15) is 35.2 Å². The lowest BCUT2D eigenvalue weighted by Gasteiger charge is -2.22. The summed E-state index contributed by atoms with van der Waals surface area (Å²) in [7, 11) is -0.790. The van der Waals surface area contributed by atoms with E-state index in [9.17, 15) is 13.2 Å². The number of rotatable bonds is 7. The average molecular weight is 405 g/mol. The normalized spacial score (nSPS) is 12.7. The van der Waals surface area contributed by atoms with Crippen LogP contribution >= 0.6 is 0 Å². The van der Waals surface area contributed by atoms with E-state index in [2.05, 4.69) is 5.32 Å². The minimum absolute atomic E-state index is 0.256. The molecule has 7 heteroatoms. The molecule has 2 aromatic rings. The fourth-order valence-electron chi connectivity index (χ4n) is 3.41. The molecular weight excluding hydrogens is 376 g/mol. The standard InChI is InChI=1S/C21H28N2O4S/c1-14-11-15(2)21(16(3)12-14)28(25,26)23(5)13-20(24)22-17(4)18-9-7-8-10-19(18)27-6/h7-12,17H,13H2,1-6H3,(H,22,24)/t17-/m0/s1. The van der Waals surface area contributed by atoms with Gasteiger partial charge in [0.2, 0.25) is 15.9 Å². The van der Waals surface area contributed by atoms with Crippen LogP contribution in [0.5, 0.6) is 5.75 Å². The van der Waals surface area contributed by atoms with Gasteiger partial charge in [-0.25, -0.2) is 8.42 Å². The Morgan fingerprint density at radius 1 is 1.14 bits per heavy atom. The van der Waals surface area contributed by atoms with Crippen LogP contribution < -0.4 is 10.1 Å². The van der Waals surface area contributed by atoms with Crippen LogP contribution in [-0.2, 0) is 14.8 Å². The third-order valence-corrected chi connectivity index (χ3v) is 6.73. The molecule has 0 aliphatic rings. The predicted molar refractivity (Wildman–Crippen MR) is 110 cm³/mol. The smallest absolute Gasteiger partial charge is 0.243 e. The number of carbonyl (C=O) groups excluding carboxylic acids is 1. The lowest BCUT2D eigenvalue weighted by molar-refractivity contribution is -0.121. The molecule has 0 saturated carbocycles. The van der Waals surface area contributed by atoms with Crippen molar-refractivity contribution < 1.29 is 17.9 Å². The van der Waals surface area contributed by atoms with Crippen molar-refractivity contribution in [2.24, 2.45) is 0 Å². The Morgan fingerprint density at radius 3 is 2.29 bits per heavy atom. The lowest BCUT2D eigenvalue weighted by atomic mass is 10.1. The molecule has 1 amide bonds. The molecule has 0 unspecified atom stereocenters. The van der Waals surface area contributed by atoms with Gasteiger partial charge in [0.15, 0.2) is 0 Å². The monoisotopic (exact) mass is 404 g/mol. The Labute approximate surface area is 167 Å². The molecule has 6 nitrogen and oxygen atoms in total. The number of nitrogens with zero attached hydrogens (tertiary/aromatic N) is 1. The molecule has 2 rings (SSSR count). The summed E-state index contributed by atoms with van der Waals surface area (Å²) >= 11 is 0. The van der Waals surface area contributed by atoms with Gasteiger partial charge in [0.25, 0.3) is 0 Å². The number of ether oxygens (including phenoxy) is 1. The number of aryl methyl sites for hydroxylation is 3. The van der Waals surface area contributed by atoms with Gasteiger partial charge in [-0.05, 0) is 44.9 Å². The molecule has 0 spiro atoms. The summed E-state index contributed by atoms with van der Waals surface area (Å²) in [5.41, 5.74) is 3.17. The Balaban J connectivity index is 2.16. The van der Waals surface area contributed by atoms with Crippen molar-refractivity contribution in [2.45, 2.75) is 38.6 Å². The number of likely N-dealkylation sites (N-methyl/N-ethyl adjacent to an activating group) is 1. The molecule has 0 aromatic heterocycles. The van der Waals surface area contributed by atoms with Crippen molar-refractivity contribution in [1.29, 1.82) is 0 Å². The molecule has 0 heterocycles. The van der Waals surface area contributed by atoms with Crippen molar-refractivity contribution >= 4 is 15.9 Å². The summed E-state index contributed by atoms with van der Waals surface area (Å²) in [6, 6.07) is 10.7. The van der Waals surface area contributed by atoms with Gasteiger partial charge in [-0.15, -0.1) is 0 Å². The number of hydrogen-bond acceptors (Lipinski definition) is 4. The van der Waals surface area contributed by atoms with E-state index in [-0.39, 0.29) is 23.4 Å². The van der Waals surface area contributed by atoms with Gasteiger partial charge in [-0.1, -0.05) is 35.9 Å². The molecule has 0 radical (unpaired) electrons. The van der Waals surface area contributed by atoms with Gasteiger partial charge in [-0.2, -0.15) is 4.31 Å². The first-order valence-corrected chi connectivity index (χ1v) is 10.5. The first-order valence-electron chi connectivity index (χ1n) is 9.04. The van der Waals surface area contributed by atoms with E-state index in [0.29, 0.717) is 16.9 Å². The van der Waals surface area contributed by atoms with E-state index in [1.54, 1.807) is 21.0 Å². The van der Waals surface area contributed by atoms with Gasteiger partial charge in [0, 0.05) is 12.6 Å². The summed E-state index contributed by atoms with van der Waals surface area (Å²) in [6.07, 6.45) is 0. The van der Waals surface area contributed by atoms with Crippen molar-refractivity contribution in [1.82, 2.24) is 9.62 Å². The lowest BCUT2D eigenvalue weighted by Crippen LogP contribution is -2.39. The minimum atomic E-state index is -3.78. The fraction of sp³-hybridized carbons (Fsp3) is 0.381. The number of sulfonamides is 1. The second-order valence-electron chi connectivity index (χ2n) is 7.02. The van der Waals surface area contributed by atoms with Gasteiger partial charge in [-0.3, -0.25) is 4.79 Å². The quantitative estimate of drug-likeness (QED) is 0.769. The first kappa shape index (κ1) is 21.9. The van der Waals surface area contributed by atoms with Crippen molar-refractivity contribution in [3.63, 3.8) is 0 Å². The SMILES string of the molecule is COc1ccccc1[C@H](C)NC(=O)CN(C)S(=O)(=O)c1c(C)cc(C)cc1C. The maximum atomic E-state index is 13.0. The van der Waals surface area contributed by atoms with Crippen LogP contribution in [0.15, 0.2) is 41.3 Å². The molecule has 0 saturated heterocycles. The second kappa shape index (κ2) is 8.75. The van der Waals surface area contributed by atoms with Crippen LogP contribution in [0, 0.1) is 20.8 Å². The van der Waals surface area contributed by atoms with Crippen molar-refractivity contribution in [3.05, 3.63) is 58.7 Å². The zero-order valence-corrected chi connectivity index (χ0v) is 18.1. The van der Waals surface area contributed by atoms with E-state index in [0.717, 1.165) is 15.4 Å². The Kier molecular flexibility index (Phi) is 6.85. The minimum Gasteiger partial charge on any atom is -0.496 e. The van der Waals surface area contributed by atoms with E-state index >= 15 is 0 Å². The molecule has 0 bridgehead atoms. The maximum absolute atomic E-state index is 13.0. The van der Waals surface area contributed by atoms with Gasteiger partial charge in [0.05, 0.1) is 24.6 Å². The largest absolute Gasteiger partial charge is 0.496 e. The Hall–Kier alpha value is -2.38. The number of amides is 1. The highest BCUT2D eigenvalue weighted by Gasteiger charge is 2.27. The summed E-state index contributed by atoms with van der Waals surface area (Å²) < 4.78 is 32.4. The average Bonchev–Trinajstić information content (AvgIpc) is 2.60. The highest BCUT2D eigenvalue weighted by atomic mass is 32.2. The van der Waals surface area contributed by atoms with E-state index < -0.39 is 10.0 Å². The van der Waals surface area contributed by atoms with Crippen LogP contribution in [0.3, 0.4) is 0 Å². The van der Waals surface area contributed by atoms with E-state index in [1.165, 1.54) is 7.05 Å². The number of methoxy groups -OCH3 is 1. The maximum Gasteiger partial charge on any atom is 0.243 e. The third kappa shape index (κ3) is 4.72. The fourth-order valence-corrected chi connectivity index (χ4v) is 4.94. The summed E-state index contributed by atoms with van der Waals surface area (Å²) in [4.78, 5) is 12.7. The van der Waals surface area contributed by atoms with Gasteiger partial charge < -0.3 is 10.1 Å². The predicted octanol–water partition coefficient (Wildman–Crippen LogP) is 3.12. The van der Waals surface area contributed by atoms with Crippen LogP contribution in [-0.4, -0.2) is 39.3 Å². The number of nitrogens with one attached hydrogen (secondary N) is 1. The second-order valence-corrected chi connectivity index (χ2v) is 9.00. The number of benzene rings is 2. The number of hydrogen-bond donors (Lipinski definition) is 1. The van der Waals surface area contributed by atoms with Crippen LogP contribution in [0.25, 0.3) is 0 Å². The third-order valence-electron chi connectivity index (χ3n) is 4.62. The molecular formula is C21H28N2O4S. The molecule has 28 heavy (non-hydrogen) atoms. The van der Waals surface area contributed by atoms with Crippen LogP contribution in [0.4, 0.5) is 0 Å². The van der Waals surface area contributed by atoms with Crippen molar-refractivity contribution in [2.75, 3.05) is 20.7 Å². The van der Waals surface area contributed by atoms with Crippen LogP contribution in [0.2, 0.25) is 0 Å². The summed E-state index contributed by atoms with van der Waals surface area (Å²) in [5.74, 6) is 0.286. The van der Waals surface area contributed by atoms with Gasteiger partial charge in [0.1, 0.15) is 5.75 Å². The Morgan fingerprint density at radius 2 is 1.71 bits per heavy atom. The molecule has 1 N–H and O–H groups in total. The first-order chi connectivity index (χ1) is 13.1. The molecule has 152 valence electrons. The van der Waals surface area contributed by atoms with E-state index in [4.69, 9.17) is 4.74 Å². The zero-order chi connectivity index (χ0) is 21.1. The zero-order valence-electron chi connectivity index (χ0n) is 17.2.